The van der Waals surface area contributed by atoms with Crippen LogP contribution in [0.2, 0.25) is 0 Å². The minimum Gasteiger partial charge on any atom is -0.507 e. The fourth-order valence-corrected chi connectivity index (χ4v) is 4.50. The van der Waals surface area contributed by atoms with Gasteiger partial charge in [-0.15, -0.1) is 0 Å². The van der Waals surface area contributed by atoms with Crippen molar-refractivity contribution in [1.29, 1.82) is 0 Å². The summed E-state index contributed by atoms with van der Waals surface area (Å²) < 4.78 is 7.75. The van der Waals surface area contributed by atoms with Gasteiger partial charge in [0, 0.05) is 41.8 Å². The predicted molar refractivity (Wildman–Crippen MR) is 129 cm³/mol. The van der Waals surface area contributed by atoms with Gasteiger partial charge in [0.2, 0.25) is 0 Å². The number of likely N-dealkylation sites (tertiary alicyclic amines) is 1. The molecule has 1 atom stereocenters. The van der Waals surface area contributed by atoms with Crippen molar-refractivity contribution in [3.05, 3.63) is 71.4 Å². The second-order valence-electron chi connectivity index (χ2n) is 8.75. The number of amides is 1. The maximum Gasteiger partial charge on any atom is 0.295 e. The third kappa shape index (κ3) is 4.13. The zero-order valence-electron chi connectivity index (χ0n) is 19.5. The Labute approximate surface area is 194 Å². The molecule has 1 aromatic heterocycles. The average molecular weight is 447 g/mol. The standard InChI is InChI=1S/C27H30N2O4/c1-5-6-14-29-24(21-16-28(4)22-13-8-7-12-20(21)22)23(26(31)27(29)32)25(30)18-10-9-11-19(15-18)33-17(2)3/h7-13,15-17,24,30H,5-6,14H2,1-4H3/b25-23+. The number of ether oxygens (including phenoxy) is 1. The highest BCUT2D eigenvalue weighted by molar-refractivity contribution is 6.46. The number of aliphatic hydroxyl groups is 1. The number of hydrogen-bond acceptors (Lipinski definition) is 4. The molecule has 33 heavy (non-hydrogen) atoms. The van der Waals surface area contributed by atoms with Crippen LogP contribution in [0.15, 0.2) is 60.3 Å². The molecule has 2 heterocycles. The third-order valence-electron chi connectivity index (χ3n) is 5.99. The van der Waals surface area contributed by atoms with E-state index in [2.05, 4.69) is 0 Å². The van der Waals surface area contributed by atoms with Gasteiger partial charge < -0.3 is 19.3 Å². The number of carbonyl (C=O) groups excluding carboxylic acids is 2. The highest BCUT2D eigenvalue weighted by Crippen LogP contribution is 2.42. The Bertz CT molecular complexity index is 1240. The van der Waals surface area contributed by atoms with Crippen LogP contribution in [0.1, 0.15) is 50.8 Å². The van der Waals surface area contributed by atoms with E-state index in [9.17, 15) is 14.7 Å². The van der Waals surface area contributed by atoms with Crippen molar-refractivity contribution >= 4 is 28.4 Å². The number of fused-ring (bicyclic) bond motifs is 1. The molecule has 1 amide bonds. The summed E-state index contributed by atoms with van der Waals surface area (Å²) in [6.45, 7) is 6.34. The van der Waals surface area contributed by atoms with Crippen molar-refractivity contribution in [3.63, 3.8) is 0 Å². The molecule has 3 aromatic rings. The van der Waals surface area contributed by atoms with Crippen LogP contribution in [-0.4, -0.2) is 38.9 Å². The summed E-state index contributed by atoms with van der Waals surface area (Å²) >= 11 is 0. The number of carbonyl (C=O) groups is 2. The Hall–Kier alpha value is -3.54. The summed E-state index contributed by atoms with van der Waals surface area (Å²) in [5.74, 6) is -0.815. The van der Waals surface area contributed by atoms with Gasteiger partial charge >= 0.3 is 0 Å². The van der Waals surface area contributed by atoms with Crippen LogP contribution in [-0.2, 0) is 16.6 Å². The summed E-state index contributed by atoms with van der Waals surface area (Å²) in [4.78, 5) is 27.9. The van der Waals surface area contributed by atoms with E-state index in [1.807, 2.05) is 62.8 Å². The van der Waals surface area contributed by atoms with E-state index < -0.39 is 17.7 Å². The Kier molecular flexibility index (Phi) is 6.27. The molecule has 0 bridgehead atoms. The van der Waals surface area contributed by atoms with Gasteiger partial charge in [0.25, 0.3) is 11.7 Å². The third-order valence-corrected chi connectivity index (χ3v) is 5.99. The van der Waals surface area contributed by atoms with Crippen molar-refractivity contribution in [3.8, 4) is 5.75 Å². The van der Waals surface area contributed by atoms with Crippen LogP contribution < -0.4 is 4.74 Å². The lowest BCUT2D eigenvalue weighted by Crippen LogP contribution is -2.30. The highest BCUT2D eigenvalue weighted by Gasteiger charge is 2.46. The second-order valence-corrected chi connectivity index (χ2v) is 8.75. The van der Waals surface area contributed by atoms with E-state index in [0.29, 0.717) is 17.9 Å². The molecule has 2 aromatic carbocycles. The van der Waals surface area contributed by atoms with Gasteiger partial charge in [-0.25, -0.2) is 0 Å². The van der Waals surface area contributed by atoms with Crippen LogP contribution in [0.3, 0.4) is 0 Å². The van der Waals surface area contributed by atoms with Crippen LogP contribution >= 0.6 is 0 Å². The quantitative estimate of drug-likeness (QED) is 0.308. The van der Waals surface area contributed by atoms with E-state index in [1.54, 1.807) is 29.2 Å². The van der Waals surface area contributed by atoms with Crippen molar-refractivity contribution in [2.75, 3.05) is 6.54 Å². The van der Waals surface area contributed by atoms with Crippen molar-refractivity contribution in [2.24, 2.45) is 7.05 Å². The van der Waals surface area contributed by atoms with E-state index in [-0.39, 0.29) is 17.4 Å². The molecule has 1 N–H and O–H groups in total. The van der Waals surface area contributed by atoms with Gasteiger partial charge in [-0.1, -0.05) is 43.7 Å². The van der Waals surface area contributed by atoms with Crippen LogP contribution in [0.25, 0.3) is 16.7 Å². The lowest BCUT2D eigenvalue weighted by atomic mass is 9.95. The minimum atomic E-state index is -0.656. The topological polar surface area (TPSA) is 71.8 Å². The van der Waals surface area contributed by atoms with E-state index in [4.69, 9.17) is 4.74 Å². The lowest BCUT2D eigenvalue weighted by molar-refractivity contribution is -0.139. The Morgan fingerprint density at radius 2 is 1.88 bits per heavy atom. The number of unbranched alkanes of at least 4 members (excludes halogenated alkanes) is 1. The number of nitrogens with zero attached hydrogens (tertiary/aromatic N) is 2. The van der Waals surface area contributed by atoms with Crippen LogP contribution in [0, 0.1) is 0 Å². The Morgan fingerprint density at radius 3 is 2.61 bits per heavy atom. The first kappa shape index (κ1) is 22.6. The maximum atomic E-state index is 13.2. The molecule has 6 nitrogen and oxygen atoms in total. The summed E-state index contributed by atoms with van der Waals surface area (Å²) in [6, 6.07) is 14.2. The van der Waals surface area contributed by atoms with Gasteiger partial charge in [-0.05, 0) is 38.5 Å². The molecule has 1 saturated heterocycles. The molecular formula is C27H30N2O4. The number of hydrogen-bond donors (Lipinski definition) is 1. The number of Topliss-reactive ketones (excluding diaryl/α,β-unsaturated/α-hetero) is 1. The first-order valence-electron chi connectivity index (χ1n) is 11.4. The average Bonchev–Trinajstić information content (AvgIpc) is 3.25. The van der Waals surface area contributed by atoms with Crippen LogP contribution in [0.5, 0.6) is 5.75 Å². The van der Waals surface area contributed by atoms with Gasteiger partial charge in [-0.3, -0.25) is 9.59 Å². The zero-order valence-corrected chi connectivity index (χ0v) is 19.5. The summed E-state index contributed by atoms with van der Waals surface area (Å²) in [6.07, 6.45) is 3.58. The fourth-order valence-electron chi connectivity index (χ4n) is 4.50. The van der Waals surface area contributed by atoms with Crippen molar-refractivity contribution < 1.29 is 19.4 Å². The second kappa shape index (κ2) is 9.14. The van der Waals surface area contributed by atoms with Gasteiger partial charge in [-0.2, -0.15) is 0 Å². The van der Waals surface area contributed by atoms with Crippen molar-refractivity contribution in [2.45, 2.75) is 45.8 Å². The zero-order chi connectivity index (χ0) is 23.7. The lowest BCUT2D eigenvalue weighted by Gasteiger charge is -2.24. The molecule has 1 aliphatic rings. The van der Waals surface area contributed by atoms with Gasteiger partial charge in [0.05, 0.1) is 17.7 Å². The molecule has 0 radical (unpaired) electrons. The maximum absolute atomic E-state index is 13.2. The van der Waals surface area contributed by atoms with Crippen LogP contribution in [0.4, 0.5) is 0 Å². The molecule has 6 heteroatoms. The first-order valence-corrected chi connectivity index (χ1v) is 11.4. The number of para-hydroxylation sites is 1. The molecule has 0 spiro atoms. The monoisotopic (exact) mass is 446 g/mol. The van der Waals surface area contributed by atoms with E-state index in [1.165, 1.54) is 0 Å². The smallest absolute Gasteiger partial charge is 0.295 e. The molecule has 1 aliphatic heterocycles. The van der Waals surface area contributed by atoms with Gasteiger partial charge in [0.1, 0.15) is 11.5 Å². The molecule has 1 fully saturated rings. The Morgan fingerprint density at radius 1 is 1.12 bits per heavy atom. The summed E-state index contributed by atoms with van der Waals surface area (Å²) in [5.41, 5.74) is 2.40. The van der Waals surface area contributed by atoms with E-state index >= 15 is 0 Å². The Balaban J connectivity index is 1.91. The number of ketones is 1. The fraction of sp³-hybridized carbons (Fsp3) is 0.333. The minimum absolute atomic E-state index is 0.0299. The SMILES string of the molecule is CCCCN1C(=O)C(=O)/C(=C(/O)c2cccc(OC(C)C)c2)C1c1cn(C)c2ccccc12. The largest absolute Gasteiger partial charge is 0.507 e. The molecular weight excluding hydrogens is 416 g/mol. The predicted octanol–water partition coefficient (Wildman–Crippen LogP) is 5.19. The van der Waals surface area contributed by atoms with E-state index in [0.717, 1.165) is 29.3 Å². The molecule has 172 valence electrons. The number of benzene rings is 2. The van der Waals surface area contributed by atoms with Gasteiger partial charge in [0.15, 0.2) is 0 Å². The van der Waals surface area contributed by atoms with Crippen molar-refractivity contribution in [1.82, 2.24) is 9.47 Å². The number of aromatic nitrogens is 1. The highest BCUT2D eigenvalue weighted by atomic mass is 16.5. The number of aryl methyl sites for hydroxylation is 1. The molecule has 4 rings (SSSR count). The first-order chi connectivity index (χ1) is 15.8. The number of rotatable bonds is 7. The molecule has 0 saturated carbocycles. The number of aliphatic hydroxyl groups excluding tert-OH is 1. The normalized spacial score (nSPS) is 18.0. The summed E-state index contributed by atoms with van der Waals surface area (Å²) in [5, 5.41) is 12.3. The molecule has 1 unspecified atom stereocenters. The summed E-state index contributed by atoms with van der Waals surface area (Å²) in [7, 11) is 1.94. The molecule has 0 aliphatic carbocycles.